The third-order valence-corrected chi connectivity index (χ3v) is 6.54. The molecule has 0 aliphatic heterocycles. The van der Waals surface area contributed by atoms with Crippen molar-refractivity contribution in [2.24, 2.45) is 0 Å². The fourth-order valence-corrected chi connectivity index (χ4v) is 4.00. The Morgan fingerprint density at radius 3 is 2.30 bits per heavy atom. The highest BCUT2D eigenvalue weighted by atomic mass is 32.2. The topological polar surface area (TPSA) is 121 Å². The fourth-order valence-electron chi connectivity index (χ4n) is 2.59. The van der Waals surface area contributed by atoms with Crippen molar-refractivity contribution in [3.8, 4) is 17.1 Å². The maximum Gasteiger partial charge on any atom is 0.459 e. The molecule has 0 unspecified atom stereocenters. The Kier molecular flexibility index (Phi) is 6.12. The molecule has 0 amide bonds. The largest absolute Gasteiger partial charge is 0.476 e. The summed E-state index contributed by atoms with van der Waals surface area (Å²) >= 11 is 0. The number of fused-ring (bicyclic) bond motifs is 1. The van der Waals surface area contributed by atoms with E-state index in [0.717, 1.165) is 29.1 Å². The molecule has 0 bridgehead atoms. The molecule has 3 rings (SSSR count). The second-order valence-electron chi connectivity index (χ2n) is 6.85. The average molecular weight is 514 g/mol. The van der Waals surface area contributed by atoms with Crippen LogP contribution in [0.5, 0.6) is 5.75 Å². The minimum atomic E-state index is -5.88. The number of sulfone groups is 2. The van der Waals surface area contributed by atoms with Crippen LogP contribution >= 0.6 is 0 Å². The van der Waals surface area contributed by atoms with Crippen LogP contribution in [-0.2, 0) is 25.6 Å². The van der Waals surface area contributed by atoms with Gasteiger partial charge in [-0.25, -0.2) is 31.8 Å². The summed E-state index contributed by atoms with van der Waals surface area (Å²) in [5.74, 6) is -6.52. The third kappa shape index (κ3) is 5.05. The van der Waals surface area contributed by atoms with E-state index in [1.165, 1.54) is 6.92 Å². The second-order valence-corrected chi connectivity index (χ2v) is 11.2. The van der Waals surface area contributed by atoms with E-state index in [2.05, 4.69) is 15.0 Å². The highest BCUT2D eigenvalue weighted by molar-refractivity contribution is 7.91. The van der Waals surface area contributed by atoms with Crippen molar-refractivity contribution >= 4 is 25.3 Å². The highest BCUT2D eigenvalue weighted by Crippen LogP contribution is 2.43. The van der Waals surface area contributed by atoms with Crippen molar-refractivity contribution in [1.29, 1.82) is 0 Å². The number of hydrogen-bond acceptors (Lipinski definition) is 8. The van der Waals surface area contributed by atoms with Crippen LogP contribution in [0.1, 0.15) is 12.6 Å². The van der Waals surface area contributed by atoms with Gasteiger partial charge in [0.25, 0.3) is 0 Å². The monoisotopic (exact) mass is 514 g/mol. The second kappa shape index (κ2) is 8.16. The summed E-state index contributed by atoms with van der Waals surface area (Å²) in [6.45, 7) is 1.34. The lowest BCUT2D eigenvalue weighted by Crippen LogP contribution is -2.34. The van der Waals surface area contributed by atoms with Gasteiger partial charge in [-0.05, 0) is 0 Å². The van der Waals surface area contributed by atoms with Gasteiger partial charge in [0.2, 0.25) is 0 Å². The molecule has 9 nitrogen and oxygen atoms in total. The lowest BCUT2D eigenvalue weighted by atomic mass is 10.2. The quantitative estimate of drug-likeness (QED) is 0.442. The van der Waals surface area contributed by atoms with Gasteiger partial charge in [0.05, 0.1) is 16.8 Å². The molecule has 0 saturated carbocycles. The molecule has 0 aliphatic rings. The number of hydrogen-bond donors (Lipinski definition) is 0. The van der Waals surface area contributed by atoms with Gasteiger partial charge < -0.3 is 4.74 Å². The molecule has 16 heteroatoms. The molecule has 0 N–H and O–H groups in total. The van der Waals surface area contributed by atoms with Crippen molar-refractivity contribution in [2.45, 2.75) is 23.9 Å². The minimum Gasteiger partial charge on any atom is -0.476 e. The third-order valence-electron chi connectivity index (χ3n) is 4.25. The van der Waals surface area contributed by atoms with Crippen LogP contribution in [0.15, 0.2) is 35.7 Å². The van der Waals surface area contributed by atoms with E-state index in [-0.39, 0.29) is 28.5 Å². The van der Waals surface area contributed by atoms with Gasteiger partial charge in [-0.1, -0.05) is 6.92 Å². The maximum atomic E-state index is 13.6. The Morgan fingerprint density at radius 1 is 1.06 bits per heavy atom. The summed E-state index contributed by atoms with van der Waals surface area (Å²) in [6.07, 6.45) is -2.12. The summed E-state index contributed by atoms with van der Waals surface area (Å²) in [5.41, 5.74) is -2.35. The zero-order valence-electron chi connectivity index (χ0n) is 16.8. The van der Waals surface area contributed by atoms with Crippen molar-refractivity contribution in [3.63, 3.8) is 0 Å². The standard InChI is InChI=1S/C17H15F5N4O5S2/c1-3-33(29,30)12-4-10(31-9-32(2,27)28)6-23-15(12)11-7-26-8-24-13(5-14(26)25-11)16(18,19)17(20,21)22/h4-8H,3,9H2,1-2H3. The maximum absolute atomic E-state index is 13.6. The molecule has 3 aromatic rings. The molecule has 33 heavy (non-hydrogen) atoms. The minimum absolute atomic E-state index is 0.161. The molecule has 0 aliphatic carbocycles. The molecular formula is C17H15F5N4O5S2. The Morgan fingerprint density at radius 2 is 1.73 bits per heavy atom. The first-order valence-electron chi connectivity index (χ1n) is 8.88. The predicted octanol–water partition coefficient (Wildman–Crippen LogP) is 2.62. The van der Waals surface area contributed by atoms with E-state index in [1.54, 1.807) is 0 Å². The number of alkyl halides is 5. The zero-order chi connectivity index (χ0) is 24.8. The molecular weight excluding hydrogens is 499 g/mol. The molecule has 0 aromatic carbocycles. The van der Waals surface area contributed by atoms with Crippen molar-refractivity contribution in [2.75, 3.05) is 17.9 Å². The summed E-state index contributed by atoms with van der Waals surface area (Å²) in [4.78, 5) is 10.6. The van der Waals surface area contributed by atoms with E-state index in [4.69, 9.17) is 4.74 Å². The number of nitrogens with zero attached hydrogens (tertiary/aromatic N) is 4. The first-order valence-corrected chi connectivity index (χ1v) is 12.6. The molecule has 0 saturated heterocycles. The van der Waals surface area contributed by atoms with Gasteiger partial charge in [0, 0.05) is 24.6 Å². The van der Waals surface area contributed by atoms with Crippen LogP contribution in [0.4, 0.5) is 22.0 Å². The van der Waals surface area contributed by atoms with Gasteiger partial charge in [0.1, 0.15) is 34.8 Å². The van der Waals surface area contributed by atoms with E-state index in [0.29, 0.717) is 12.4 Å². The first-order chi connectivity index (χ1) is 15.0. The summed E-state index contributed by atoms with van der Waals surface area (Å²) in [6, 6.07) is 1.45. The van der Waals surface area contributed by atoms with E-state index < -0.39 is 48.3 Å². The summed E-state index contributed by atoms with van der Waals surface area (Å²) in [7, 11) is -7.51. The Hall–Kier alpha value is -2.88. The molecule has 0 fully saturated rings. The Bertz CT molecular complexity index is 1420. The van der Waals surface area contributed by atoms with Crippen LogP contribution in [0.3, 0.4) is 0 Å². The van der Waals surface area contributed by atoms with Crippen LogP contribution < -0.4 is 4.74 Å². The molecule has 0 atom stereocenters. The molecule has 0 spiro atoms. The van der Waals surface area contributed by atoms with Crippen LogP contribution in [-0.4, -0.2) is 60.3 Å². The van der Waals surface area contributed by atoms with Crippen LogP contribution in [0.2, 0.25) is 0 Å². The average Bonchev–Trinajstić information content (AvgIpc) is 3.14. The normalized spacial score (nSPS) is 13.4. The predicted molar refractivity (Wildman–Crippen MR) is 104 cm³/mol. The fraction of sp³-hybridized carbons (Fsp3) is 0.353. The number of rotatable bonds is 7. The van der Waals surface area contributed by atoms with Crippen LogP contribution in [0, 0.1) is 0 Å². The van der Waals surface area contributed by atoms with E-state index in [1.807, 2.05) is 0 Å². The van der Waals surface area contributed by atoms with E-state index >= 15 is 0 Å². The number of aromatic nitrogens is 4. The molecule has 3 aromatic heterocycles. The van der Waals surface area contributed by atoms with Gasteiger partial charge in [-0.15, -0.1) is 0 Å². The Balaban J connectivity index is 2.12. The van der Waals surface area contributed by atoms with Gasteiger partial charge in [0.15, 0.2) is 25.6 Å². The summed E-state index contributed by atoms with van der Waals surface area (Å²) in [5, 5.41) is 0. The molecule has 0 radical (unpaired) electrons. The van der Waals surface area contributed by atoms with Crippen LogP contribution in [0.25, 0.3) is 17.0 Å². The zero-order valence-corrected chi connectivity index (χ0v) is 18.5. The highest BCUT2D eigenvalue weighted by Gasteiger charge is 2.60. The Labute approximate surface area is 184 Å². The van der Waals surface area contributed by atoms with E-state index in [9.17, 15) is 38.8 Å². The first kappa shape index (κ1) is 24.8. The SMILES string of the molecule is CCS(=O)(=O)c1cc(OCS(C)(=O)=O)cnc1-c1cn2cnc(C(F)(F)C(F)(F)F)cc2n1. The van der Waals surface area contributed by atoms with Crippen molar-refractivity contribution in [1.82, 2.24) is 19.4 Å². The number of halogens is 5. The van der Waals surface area contributed by atoms with Gasteiger partial charge in [-0.2, -0.15) is 22.0 Å². The number of ether oxygens (including phenoxy) is 1. The van der Waals surface area contributed by atoms with Gasteiger partial charge >= 0.3 is 12.1 Å². The number of pyridine rings is 1. The molecule has 180 valence electrons. The smallest absolute Gasteiger partial charge is 0.459 e. The number of imidazole rings is 1. The van der Waals surface area contributed by atoms with Crippen molar-refractivity contribution in [3.05, 3.63) is 36.5 Å². The van der Waals surface area contributed by atoms with Crippen molar-refractivity contribution < 1.29 is 43.5 Å². The molecule has 3 heterocycles. The lowest BCUT2D eigenvalue weighted by molar-refractivity contribution is -0.290. The lowest BCUT2D eigenvalue weighted by Gasteiger charge is -2.18. The summed E-state index contributed by atoms with van der Waals surface area (Å²) < 4.78 is 119. The van der Waals surface area contributed by atoms with Gasteiger partial charge in [-0.3, -0.25) is 4.40 Å².